The van der Waals surface area contributed by atoms with Crippen LogP contribution in [0.1, 0.15) is 33.6 Å². The normalized spacial score (nSPS) is 18.9. The van der Waals surface area contributed by atoms with E-state index in [2.05, 4.69) is 20.2 Å². The van der Waals surface area contributed by atoms with E-state index in [1.165, 1.54) is 6.33 Å². The van der Waals surface area contributed by atoms with Crippen LogP contribution in [0.2, 0.25) is 5.15 Å². The lowest BCUT2D eigenvalue weighted by Gasteiger charge is -2.33. The first-order valence-corrected chi connectivity index (χ1v) is 7.90. The Morgan fingerprint density at radius 3 is 2.95 bits per heavy atom. The van der Waals surface area contributed by atoms with E-state index < -0.39 is 5.60 Å². The number of aromatic nitrogens is 2. The Morgan fingerprint density at radius 2 is 2.27 bits per heavy atom. The molecule has 0 spiro atoms. The maximum atomic E-state index is 11.7. The molecule has 0 radical (unpaired) electrons. The fourth-order valence-corrected chi connectivity index (χ4v) is 2.62. The molecule has 1 fully saturated rings. The van der Waals surface area contributed by atoms with Crippen LogP contribution in [0.5, 0.6) is 0 Å². The third-order valence-electron chi connectivity index (χ3n) is 3.40. The quantitative estimate of drug-likeness (QED) is 0.865. The molecule has 1 aliphatic heterocycles. The lowest BCUT2D eigenvalue weighted by Crippen LogP contribution is -2.42. The number of piperidine rings is 1. The number of nitrogens with one attached hydrogen (secondary N) is 1. The molecule has 1 unspecified atom stereocenters. The molecule has 7 heteroatoms. The second kappa shape index (κ2) is 7.13. The number of rotatable bonds is 3. The van der Waals surface area contributed by atoms with Gasteiger partial charge in [0.15, 0.2) is 0 Å². The van der Waals surface area contributed by atoms with Crippen LogP contribution >= 0.6 is 11.6 Å². The van der Waals surface area contributed by atoms with Crippen molar-refractivity contribution in [3.63, 3.8) is 0 Å². The van der Waals surface area contributed by atoms with Crippen LogP contribution in [0, 0.1) is 5.92 Å². The molecule has 1 amide bonds. The van der Waals surface area contributed by atoms with Crippen molar-refractivity contribution in [2.75, 3.05) is 24.5 Å². The number of anilines is 1. The first-order chi connectivity index (χ1) is 10.3. The summed E-state index contributed by atoms with van der Waals surface area (Å²) >= 11 is 5.91. The molecule has 6 nitrogen and oxygen atoms in total. The van der Waals surface area contributed by atoms with Crippen molar-refractivity contribution in [1.29, 1.82) is 0 Å². The van der Waals surface area contributed by atoms with E-state index in [0.29, 0.717) is 17.6 Å². The van der Waals surface area contributed by atoms with Gasteiger partial charge in [0.2, 0.25) is 0 Å². The lowest BCUT2D eigenvalue weighted by molar-refractivity contribution is 0.0517. The van der Waals surface area contributed by atoms with Crippen molar-refractivity contribution >= 4 is 23.5 Å². The van der Waals surface area contributed by atoms with Gasteiger partial charge in [-0.25, -0.2) is 14.8 Å². The summed E-state index contributed by atoms with van der Waals surface area (Å²) in [5, 5.41) is 3.29. The molecule has 1 aliphatic rings. The van der Waals surface area contributed by atoms with E-state index in [9.17, 15) is 4.79 Å². The van der Waals surface area contributed by atoms with Gasteiger partial charge in [-0.05, 0) is 39.5 Å². The largest absolute Gasteiger partial charge is 0.444 e. The molecule has 1 atom stereocenters. The highest BCUT2D eigenvalue weighted by Gasteiger charge is 2.23. The number of halogens is 1. The zero-order valence-electron chi connectivity index (χ0n) is 13.3. The molecule has 0 aliphatic carbocycles. The first-order valence-electron chi connectivity index (χ1n) is 7.53. The number of carbonyl (C=O) groups is 1. The Bertz CT molecular complexity index is 519. The Labute approximate surface area is 136 Å². The molecule has 122 valence electrons. The summed E-state index contributed by atoms with van der Waals surface area (Å²) in [6.07, 6.45) is 3.24. The molecule has 1 aromatic rings. The summed E-state index contributed by atoms with van der Waals surface area (Å²) in [5.41, 5.74) is -0.472. The van der Waals surface area contributed by atoms with E-state index in [1.54, 1.807) is 6.07 Å². The summed E-state index contributed by atoms with van der Waals surface area (Å²) in [6, 6.07) is 1.77. The molecular formula is C15H23ClN4O2. The predicted molar refractivity (Wildman–Crippen MR) is 86.2 cm³/mol. The van der Waals surface area contributed by atoms with Crippen LogP contribution in [0.4, 0.5) is 10.6 Å². The fourth-order valence-electron chi connectivity index (χ4n) is 2.48. The molecule has 2 heterocycles. The van der Waals surface area contributed by atoms with Crippen molar-refractivity contribution in [2.24, 2.45) is 5.92 Å². The molecule has 1 N–H and O–H groups in total. The summed E-state index contributed by atoms with van der Waals surface area (Å²) in [5.74, 6) is 1.21. The standard InChI is InChI=1S/C15H23ClN4O2/c1-15(2,3)22-14(21)17-8-11-5-4-6-20(9-11)13-7-12(16)18-10-19-13/h7,10-11H,4-6,8-9H2,1-3H3,(H,17,21). The van der Waals surface area contributed by atoms with Gasteiger partial charge in [0, 0.05) is 25.7 Å². The van der Waals surface area contributed by atoms with Gasteiger partial charge < -0.3 is 15.0 Å². The molecule has 2 rings (SSSR count). The van der Waals surface area contributed by atoms with Crippen LogP contribution in [-0.4, -0.2) is 41.3 Å². The van der Waals surface area contributed by atoms with Crippen molar-refractivity contribution < 1.29 is 9.53 Å². The minimum atomic E-state index is -0.472. The van der Waals surface area contributed by atoms with Crippen LogP contribution in [0.3, 0.4) is 0 Å². The van der Waals surface area contributed by atoms with Crippen molar-refractivity contribution in [3.8, 4) is 0 Å². The average molecular weight is 327 g/mol. The van der Waals surface area contributed by atoms with Crippen LogP contribution in [-0.2, 0) is 4.74 Å². The molecular weight excluding hydrogens is 304 g/mol. The van der Waals surface area contributed by atoms with Gasteiger partial charge in [-0.3, -0.25) is 0 Å². The summed E-state index contributed by atoms with van der Waals surface area (Å²) in [7, 11) is 0. The average Bonchev–Trinajstić information content (AvgIpc) is 2.44. The molecule has 0 aromatic carbocycles. The van der Waals surface area contributed by atoms with Crippen molar-refractivity contribution in [1.82, 2.24) is 15.3 Å². The Morgan fingerprint density at radius 1 is 1.50 bits per heavy atom. The third-order valence-corrected chi connectivity index (χ3v) is 3.60. The van der Waals surface area contributed by atoms with Gasteiger partial charge in [0.1, 0.15) is 22.9 Å². The molecule has 22 heavy (non-hydrogen) atoms. The lowest BCUT2D eigenvalue weighted by atomic mass is 9.98. The number of nitrogens with zero attached hydrogens (tertiary/aromatic N) is 3. The molecule has 1 saturated heterocycles. The van der Waals surface area contributed by atoms with E-state index >= 15 is 0 Å². The second-order valence-corrected chi connectivity index (χ2v) is 6.92. The van der Waals surface area contributed by atoms with Crippen molar-refractivity contribution in [2.45, 2.75) is 39.2 Å². The Balaban J connectivity index is 1.85. The smallest absolute Gasteiger partial charge is 0.407 e. The highest BCUT2D eigenvalue weighted by molar-refractivity contribution is 6.29. The van der Waals surface area contributed by atoms with Gasteiger partial charge in [-0.2, -0.15) is 0 Å². The highest BCUT2D eigenvalue weighted by atomic mass is 35.5. The van der Waals surface area contributed by atoms with E-state index in [0.717, 1.165) is 31.7 Å². The molecule has 1 aromatic heterocycles. The van der Waals surface area contributed by atoms with Gasteiger partial charge in [0.05, 0.1) is 0 Å². The highest BCUT2D eigenvalue weighted by Crippen LogP contribution is 2.22. The summed E-state index contributed by atoms with van der Waals surface area (Å²) < 4.78 is 5.25. The van der Waals surface area contributed by atoms with E-state index in [-0.39, 0.29) is 6.09 Å². The number of ether oxygens (including phenoxy) is 1. The number of amides is 1. The zero-order chi connectivity index (χ0) is 16.2. The molecule has 0 saturated carbocycles. The SMILES string of the molecule is CC(C)(C)OC(=O)NCC1CCCN(c2cc(Cl)ncn2)C1. The molecule has 0 bridgehead atoms. The maximum absolute atomic E-state index is 11.7. The minimum Gasteiger partial charge on any atom is -0.444 e. The fraction of sp³-hybridized carbons (Fsp3) is 0.667. The van der Waals surface area contributed by atoms with Crippen LogP contribution in [0.25, 0.3) is 0 Å². The van der Waals surface area contributed by atoms with Crippen LogP contribution in [0.15, 0.2) is 12.4 Å². The number of carbonyl (C=O) groups excluding carboxylic acids is 1. The van der Waals surface area contributed by atoms with E-state index in [1.807, 2.05) is 20.8 Å². The summed E-state index contributed by atoms with van der Waals surface area (Å²) in [4.78, 5) is 22.1. The Kier molecular flexibility index (Phi) is 5.45. The second-order valence-electron chi connectivity index (χ2n) is 6.54. The predicted octanol–water partition coefficient (Wildman–Crippen LogP) is 2.87. The monoisotopic (exact) mass is 326 g/mol. The third kappa shape index (κ3) is 5.33. The van der Waals surface area contributed by atoms with E-state index in [4.69, 9.17) is 16.3 Å². The van der Waals surface area contributed by atoms with Gasteiger partial charge in [-0.15, -0.1) is 0 Å². The number of hydrogen-bond acceptors (Lipinski definition) is 5. The minimum absolute atomic E-state index is 0.366. The van der Waals surface area contributed by atoms with Crippen molar-refractivity contribution in [3.05, 3.63) is 17.5 Å². The van der Waals surface area contributed by atoms with Crippen LogP contribution < -0.4 is 10.2 Å². The maximum Gasteiger partial charge on any atom is 0.407 e. The van der Waals surface area contributed by atoms with Gasteiger partial charge in [0.25, 0.3) is 0 Å². The van der Waals surface area contributed by atoms with Gasteiger partial charge >= 0.3 is 6.09 Å². The first kappa shape index (κ1) is 16.8. The topological polar surface area (TPSA) is 67.3 Å². The number of hydrogen-bond donors (Lipinski definition) is 1. The summed E-state index contributed by atoms with van der Waals surface area (Å²) in [6.45, 7) is 7.94. The zero-order valence-corrected chi connectivity index (χ0v) is 14.1. The van der Waals surface area contributed by atoms with Gasteiger partial charge in [-0.1, -0.05) is 11.6 Å². The Hall–Kier alpha value is -1.56. The number of alkyl carbamates (subject to hydrolysis) is 1.